The van der Waals surface area contributed by atoms with Crippen LogP contribution in [0.25, 0.3) is 11.0 Å². The molecule has 2 atom stereocenters. The van der Waals surface area contributed by atoms with Gasteiger partial charge in [0.25, 0.3) is 5.56 Å². The maximum atomic E-state index is 12.3. The average molecular weight is 366 g/mol. The molecule has 27 heavy (non-hydrogen) atoms. The van der Waals surface area contributed by atoms with Gasteiger partial charge in [0.05, 0.1) is 6.20 Å². The molecule has 9 heteroatoms. The first-order chi connectivity index (χ1) is 13.0. The van der Waals surface area contributed by atoms with Crippen LogP contribution in [-0.4, -0.2) is 55.9 Å². The van der Waals surface area contributed by atoms with E-state index in [-0.39, 0.29) is 5.56 Å². The number of aromatic amines is 1. The minimum atomic E-state index is -0.131. The highest BCUT2D eigenvalue weighted by Crippen LogP contribution is 2.35. The van der Waals surface area contributed by atoms with Gasteiger partial charge < -0.3 is 9.80 Å². The Labute approximate surface area is 156 Å². The lowest BCUT2D eigenvalue weighted by molar-refractivity contribution is 0.533. The lowest BCUT2D eigenvalue weighted by Gasteiger charge is -2.24. The number of H-pyrrole nitrogens is 1. The van der Waals surface area contributed by atoms with Gasteiger partial charge in [0, 0.05) is 56.3 Å². The number of hydrogen-bond donors (Lipinski definition) is 1. The van der Waals surface area contributed by atoms with Crippen molar-refractivity contribution in [3.8, 4) is 0 Å². The molecule has 2 unspecified atom stereocenters. The lowest BCUT2D eigenvalue weighted by Crippen LogP contribution is -2.31. The quantitative estimate of drug-likeness (QED) is 0.711. The van der Waals surface area contributed by atoms with Gasteiger partial charge in [-0.3, -0.25) is 14.5 Å². The zero-order valence-electron chi connectivity index (χ0n) is 15.7. The summed E-state index contributed by atoms with van der Waals surface area (Å²) >= 11 is 0. The molecule has 0 aliphatic carbocycles. The van der Waals surface area contributed by atoms with Gasteiger partial charge in [-0.25, -0.2) is 9.97 Å². The van der Waals surface area contributed by atoms with Crippen molar-refractivity contribution in [3.63, 3.8) is 0 Å². The molecule has 1 N–H and O–H groups in total. The van der Waals surface area contributed by atoms with Crippen LogP contribution in [0.5, 0.6) is 0 Å². The van der Waals surface area contributed by atoms with Gasteiger partial charge in [0.15, 0.2) is 5.65 Å². The first-order valence-electron chi connectivity index (χ1n) is 9.21. The van der Waals surface area contributed by atoms with E-state index in [4.69, 9.17) is 0 Å². The van der Waals surface area contributed by atoms with E-state index >= 15 is 0 Å². The van der Waals surface area contributed by atoms with E-state index in [2.05, 4.69) is 41.8 Å². The van der Waals surface area contributed by atoms with E-state index in [1.807, 2.05) is 6.92 Å². The van der Waals surface area contributed by atoms with Crippen molar-refractivity contribution in [2.75, 3.05) is 36.0 Å². The number of nitrogens with zero attached hydrogens (tertiary/aromatic N) is 7. The van der Waals surface area contributed by atoms with Crippen LogP contribution in [0.15, 0.2) is 17.3 Å². The Balaban J connectivity index is 1.38. The number of rotatable bonds is 2. The molecule has 5 rings (SSSR count). The van der Waals surface area contributed by atoms with Gasteiger partial charge in [-0.2, -0.15) is 10.1 Å². The first kappa shape index (κ1) is 16.2. The Bertz CT molecular complexity index is 1070. The Morgan fingerprint density at radius 3 is 2.52 bits per heavy atom. The second-order valence-electron chi connectivity index (χ2n) is 7.63. The molecule has 0 amide bonds. The fraction of sp³-hybridized carbons (Fsp3) is 0.500. The number of hydrogen-bond acceptors (Lipinski definition) is 7. The van der Waals surface area contributed by atoms with Crippen molar-refractivity contribution < 1.29 is 0 Å². The lowest BCUT2D eigenvalue weighted by atomic mass is 10.0. The van der Waals surface area contributed by atoms with Crippen molar-refractivity contribution in [2.24, 2.45) is 18.9 Å². The zero-order valence-corrected chi connectivity index (χ0v) is 15.7. The van der Waals surface area contributed by atoms with Crippen molar-refractivity contribution >= 4 is 22.8 Å². The summed E-state index contributed by atoms with van der Waals surface area (Å²) in [6.07, 6.45) is 3.21. The van der Waals surface area contributed by atoms with E-state index in [9.17, 15) is 4.79 Å². The molecule has 3 aromatic rings. The molecule has 0 saturated carbocycles. The summed E-state index contributed by atoms with van der Waals surface area (Å²) in [6, 6.07) is 0. The molecule has 2 aliphatic rings. The summed E-state index contributed by atoms with van der Waals surface area (Å²) < 4.78 is 1.65. The number of nitrogens with one attached hydrogen (secondary N) is 1. The molecule has 2 fully saturated rings. The zero-order chi connectivity index (χ0) is 18.7. The van der Waals surface area contributed by atoms with Crippen LogP contribution in [0.2, 0.25) is 0 Å². The summed E-state index contributed by atoms with van der Waals surface area (Å²) in [5, 5.41) is 4.67. The summed E-state index contributed by atoms with van der Waals surface area (Å²) in [7, 11) is 1.81. The van der Waals surface area contributed by atoms with Gasteiger partial charge >= 0.3 is 0 Å². The second-order valence-corrected chi connectivity index (χ2v) is 7.63. The monoisotopic (exact) mass is 366 g/mol. The van der Waals surface area contributed by atoms with E-state index in [1.165, 1.54) is 0 Å². The summed E-state index contributed by atoms with van der Waals surface area (Å²) in [4.78, 5) is 33.2. The van der Waals surface area contributed by atoms with Gasteiger partial charge in [0.1, 0.15) is 17.5 Å². The van der Waals surface area contributed by atoms with E-state index in [1.54, 1.807) is 24.3 Å². The molecule has 0 aromatic carbocycles. The molecule has 140 valence electrons. The summed E-state index contributed by atoms with van der Waals surface area (Å²) in [5.41, 5.74) is 2.68. The Morgan fingerprint density at radius 1 is 1.07 bits per heavy atom. The largest absolute Gasteiger partial charge is 0.356 e. The molecular formula is C18H22N8O. The average Bonchev–Trinajstić information content (AvgIpc) is 3.31. The number of fused-ring (bicyclic) bond motifs is 2. The van der Waals surface area contributed by atoms with Crippen LogP contribution in [0.4, 0.5) is 11.8 Å². The predicted octanol–water partition coefficient (Wildman–Crippen LogP) is 0.636. The normalized spacial score (nSPS) is 22.0. The van der Waals surface area contributed by atoms with Crippen LogP contribution in [-0.2, 0) is 7.05 Å². The molecule has 0 radical (unpaired) electrons. The third kappa shape index (κ3) is 2.48. The predicted molar refractivity (Wildman–Crippen MR) is 102 cm³/mol. The van der Waals surface area contributed by atoms with Crippen molar-refractivity contribution in [3.05, 3.63) is 34.1 Å². The molecule has 3 aromatic heterocycles. The molecule has 5 heterocycles. The van der Waals surface area contributed by atoms with Gasteiger partial charge in [-0.15, -0.1) is 0 Å². The highest BCUT2D eigenvalue weighted by molar-refractivity contribution is 5.74. The fourth-order valence-electron chi connectivity index (χ4n) is 4.35. The standard InChI is InChI=1S/C18H22N8O/c1-10-11(2)19-9-20-15(10)25-5-12-7-26(8-13(12)6-25)18-22-16-14(17(27)23-18)4-21-24(16)3/h4,9,12-13H,5-8H2,1-3H3,(H,22,23,27). The molecular weight excluding hydrogens is 344 g/mol. The maximum Gasteiger partial charge on any atom is 0.263 e. The van der Waals surface area contributed by atoms with Gasteiger partial charge in [0.2, 0.25) is 5.95 Å². The fourth-order valence-corrected chi connectivity index (χ4v) is 4.35. The highest BCUT2D eigenvalue weighted by Gasteiger charge is 2.41. The minimum absolute atomic E-state index is 0.131. The number of anilines is 2. The Kier molecular flexibility index (Phi) is 3.46. The van der Waals surface area contributed by atoms with Crippen molar-refractivity contribution in [1.29, 1.82) is 0 Å². The smallest absolute Gasteiger partial charge is 0.263 e. The minimum Gasteiger partial charge on any atom is -0.356 e. The third-order valence-corrected chi connectivity index (χ3v) is 5.98. The van der Waals surface area contributed by atoms with E-state index < -0.39 is 0 Å². The first-order valence-corrected chi connectivity index (χ1v) is 9.21. The number of aryl methyl sites for hydroxylation is 2. The third-order valence-electron chi connectivity index (χ3n) is 5.98. The molecule has 2 aliphatic heterocycles. The van der Waals surface area contributed by atoms with Crippen LogP contribution < -0.4 is 15.4 Å². The van der Waals surface area contributed by atoms with Crippen molar-refractivity contribution in [2.45, 2.75) is 13.8 Å². The molecule has 2 saturated heterocycles. The maximum absolute atomic E-state index is 12.3. The Morgan fingerprint density at radius 2 is 1.78 bits per heavy atom. The molecule has 0 spiro atoms. The van der Waals surface area contributed by atoms with Crippen LogP contribution in [0.1, 0.15) is 11.3 Å². The second kappa shape index (κ2) is 5.77. The van der Waals surface area contributed by atoms with Crippen molar-refractivity contribution in [1.82, 2.24) is 29.7 Å². The Hall–Kier alpha value is -2.97. The summed E-state index contributed by atoms with van der Waals surface area (Å²) in [6.45, 7) is 7.82. The number of aromatic nitrogens is 6. The molecule has 0 bridgehead atoms. The van der Waals surface area contributed by atoms with Gasteiger partial charge in [-0.05, 0) is 13.8 Å². The SMILES string of the molecule is Cc1ncnc(N2CC3CN(c4nc5c(cnn5C)c(=O)[nH]4)CC3C2)c1C. The topological polar surface area (TPSA) is 95.8 Å². The summed E-state index contributed by atoms with van der Waals surface area (Å²) in [5.74, 6) is 2.76. The molecule has 9 nitrogen and oxygen atoms in total. The van der Waals surface area contributed by atoms with Gasteiger partial charge in [-0.1, -0.05) is 0 Å². The highest BCUT2D eigenvalue weighted by atomic mass is 16.1. The van der Waals surface area contributed by atoms with Crippen LogP contribution in [0, 0.1) is 25.7 Å². The van der Waals surface area contributed by atoms with E-state index in [0.29, 0.717) is 28.8 Å². The van der Waals surface area contributed by atoms with Crippen LogP contribution in [0.3, 0.4) is 0 Å². The van der Waals surface area contributed by atoms with Crippen LogP contribution >= 0.6 is 0 Å². The van der Waals surface area contributed by atoms with E-state index in [0.717, 1.165) is 43.3 Å².